The molecule has 17 heavy (non-hydrogen) atoms. The number of fused-ring (bicyclic) bond motifs is 1. The lowest BCUT2D eigenvalue weighted by Gasteiger charge is -2.21. The van der Waals surface area contributed by atoms with E-state index in [2.05, 4.69) is 30.3 Å². The number of thioether (sulfide) groups is 1. The molecule has 2 heteroatoms. The quantitative estimate of drug-likeness (QED) is 0.823. The summed E-state index contributed by atoms with van der Waals surface area (Å²) in [6, 6.07) is 10.6. The van der Waals surface area contributed by atoms with E-state index < -0.39 is 0 Å². The van der Waals surface area contributed by atoms with Crippen LogP contribution >= 0.6 is 11.8 Å². The molecule has 0 unspecified atom stereocenters. The van der Waals surface area contributed by atoms with Crippen LogP contribution in [0, 0.1) is 11.8 Å². The van der Waals surface area contributed by atoms with Crippen molar-refractivity contribution < 1.29 is 5.11 Å². The highest BCUT2D eigenvalue weighted by molar-refractivity contribution is 7.99. The summed E-state index contributed by atoms with van der Waals surface area (Å²) in [5, 5.41) is 10.5. The molecule has 3 atom stereocenters. The van der Waals surface area contributed by atoms with Crippen LogP contribution in [0.4, 0.5) is 0 Å². The van der Waals surface area contributed by atoms with E-state index in [1.807, 2.05) is 11.8 Å². The molecule has 2 aliphatic carbocycles. The molecular weight excluding hydrogens is 228 g/mol. The van der Waals surface area contributed by atoms with Crippen molar-refractivity contribution in [3.8, 4) is 0 Å². The first-order chi connectivity index (χ1) is 8.26. The van der Waals surface area contributed by atoms with Crippen molar-refractivity contribution in [2.45, 2.75) is 42.6 Å². The van der Waals surface area contributed by atoms with Crippen molar-refractivity contribution in [3.63, 3.8) is 0 Å². The Kier molecular flexibility index (Phi) is 3.18. The third kappa shape index (κ3) is 2.38. The molecule has 92 valence electrons. The van der Waals surface area contributed by atoms with Crippen molar-refractivity contribution in [2.75, 3.05) is 5.75 Å². The number of rotatable bonds is 3. The molecule has 0 aromatic heterocycles. The van der Waals surface area contributed by atoms with Crippen LogP contribution in [0.5, 0.6) is 0 Å². The predicted molar refractivity (Wildman–Crippen MR) is 72.2 cm³/mol. The van der Waals surface area contributed by atoms with E-state index in [1.54, 1.807) is 0 Å². The Morgan fingerprint density at radius 1 is 1.29 bits per heavy atom. The van der Waals surface area contributed by atoms with Crippen LogP contribution in [0.25, 0.3) is 0 Å². The van der Waals surface area contributed by atoms with Crippen LogP contribution in [0.3, 0.4) is 0 Å². The van der Waals surface area contributed by atoms with Crippen LogP contribution in [0.1, 0.15) is 32.1 Å². The predicted octanol–water partition coefficient (Wildman–Crippen LogP) is 3.72. The Morgan fingerprint density at radius 3 is 2.88 bits per heavy atom. The summed E-state index contributed by atoms with van der Waals surface area (Å²) >= 11 is 1.94. The molecule has 1 N–H and O–H groups in total. The van der Waals surface area contributed by atoms with Crippen molar-refractivity contribution in [3.05, 3.63) is 30.3 Å². The minimum atomic E-state index is -0.290. The van der Waals surface area contributed by atoms with Gasteiger partial charge >= 0.3 is 0 Å². The third-order valence-corrected chi connectivity index (χ3v) is 5.65. The summed E-state index contributed by atoms with van der Waals surface area (Å²) in [4.78, 5) is 1.36. The molecule has 0 bridgehead atoms. The van der Waals surface area contributed by atoms with Crippen LogP contribution in [-0.2, 0) is 0 Å². The van der Waals surface area contributed by atoms with E-state index in [-0.39, 0.29) is 5.60 Å². The number of hydrogen-bond acceptors (Lipinski definition) is 2. The molecule has 2 fully saturated rings. The molecule has 0 amide bonds. The number of hydrogen-bond donors (Lipinski definition) is 1. The normalized spacial score (nSPS) is 36.1. The Labute approximate surface area is 108 Å². The standard InChI is InChI=1S/C15H20OS/c16-15-8-4-5-13(15)9-12(10-15)11-17-14-6-2-1-3-7-14/h1-3,6-7,12-13,16H,4-5,8-11H2/t12-,13+,15-/m0/s1. The fourth-order valence-corrected chi connectivity index (χ4v) is 4.61. The highest BCUT2D eigenvalue weighted by Gasteiger charge is 2.48. The van der Waals surface area contributed by atoms with Crippen molar-refractivity contribution in [1.29, 1.82) is 0 Å². The lowest BCUT2D eigenvalue weighted by Crippen LogP contribution is -2.27. The molecule has 0 heterocycles. The van der Waals surface area contributed by atoms with Gasteiger partial charge < -0.3 is 5.11 Å². The Morgan fingerprint density at radius 2 is 2.12 bits per heavy atom. The van der Waals surface area contributed by atoms with Gasteiger partial charge in [-0.3, -0.25) is 0 Å². The van der Waals surface area contributed by atoms with Crippen molar-refractivity contribution in [2.24, 2.45) is 11.8 Å². The molecular formula is C15H20OS. The molecule has 2 saturated carbocycles. The van der Waals surface area contributed by atoms with Gasteiger partial charge in [0.2, 0.25) is 0 Å². The van der Waals surface area contributed by atoms with Crippen molar-refractivity contribution >= 4 is 11.8 Å². The molecule has 0 spiro atoms. The molecule has 1 aromatic carbocycles. The average Bonchev–Trinajstić information content (AvgIpc) is 2.82. The van der Waals surface area contributed by atoms with E-state index in [9.17, 15) is 5.11 Å². The first kappa shape index (κ1) is 11.6. The molecule has 1 aromatic rings. The number of benzene rings is 1. The van der Waals surface area contributed by atoms with Gasteiger partial charge in [-0.1, -0.05) is 24.6 Å². The van der Waals surface area contributed by atoms with Crippen molar-refractivity contribution in [1.82, 2.24) is 0 Å². The fraction of sp³-hybridized carbons (Fsp3) is 0.600. The van der Waals surface area contributed by atoms with Gasteiger partial charge in [-0.05, 0) is 49.7 Å². The first-order valence-corrected chi connectivity index (χ1v) is 7.65. The highest BCUT2D eigenvalue weighted by Crippen LogP contribution is 2.50. The van der Waals surface area contributed by atoms with Crippen LogP contribution in [-0.4, -0.2) is 16.5 Å². The van der Waals surface area contributed by atoms with E-state index in [1.165, 1.54) is 29.9 Å². The van der Waals surface area contributed by atoms with E-state index in [4.69, 9.17) is 0 Å². The summed E-state index contributed by atoms with van der Waals surface area (Å²) in [5.41, 5.74) is -0.290. The summed E-state index contributed by atoms with van der Waals surface area (Å²) in [6.07, 6.45) is 5.82. The Hall–Kier alpha value is -0.470. The van der Waals surface area contributed by atoms with E-state index in [0.29, 0.717) is 5.92 Å². The maximum atomic E-state index is 10.5. The van der Waals surface area contributed by atoms with Gasteiger partial charge in [-0.15, -0.1) is 11.8 Å². The van der Waals surface area contributed by atoms with Gasteiger partial charge in [-0.2, -0.15) is 0 Å². The van der Waals surface area contributed by atoms with Gasteiger partial charge in [0.15, 0.2) is 0 Å². The summed E-state index contributed by atoms with van der Waals surface area (Å²) < 4.78 is 0. The molecule has 0 saturated heterocycles. The summed E-state index contributed by atoms with van der Waals surface area (Å²) in [7, 11) is 0. The Bertz CT molecular complexity index is 378. The first-order valence-electron chi connectivity index (χ1n) is 6.66. The third-order valence-electron chi connectivity index (χ3n) is 4.41. The zero-order valence-electron chi connectivity index (χ0n) is 10.1. The average molecular weight is 248 g/mol. The van der Waals surface area contributed by atoms with Gasteiger partial charge in [0, 0.05) is 10.6 Å². The topological polar surface area (TPSA) is 20.2 Å². The largest absolute Gasteiger partial charge is 0.390 e. The second kappa shape index (κ2) is 4.66. The Balaban J connectivity index is 1.55. The summed E-state index contributed by atoms with van der Waals surface area (Å²) in [6.45, 7) is 0. The maximum absolute atomic E-state index is 10.5. The SMILES string of the molecule is O[C@]12CCC[C@@H]1C[C@H](CSc1ccccc1)C2. The summed E-state index contributed by atoms with van der Waals surface area (Å²) in [5.74, 6) is 2.49. The smallest absolute Gasteiger partial charge is 0.0678 e. The van der Waals surface area contributed by atoms with Gasteiger partial charge in [-0.25, -0.2) is 0 Å². The molecule has 1 nitrogen and oxygen atoms in total. The zero-order valence-corrected chi connectivity index (χ0v) is 11.0. The minimum absolute atomic E-state index is 0.290. The second-order valence-corrected chi connectivity index (χ2v) is 6.72. The van der Waals surface area contributed by atoms with Gasteiger partial charge in [0.05, 0.1) is 5.60 Å². The monoisotopic (exact) mass is 248 g/mol. The number of aliphatic hydroxyl groups is 1. The molecule has 0 radical (unpaired) electrons. The van der Waals surface area contributed by atoms with Crippen LogP contribution < -0.4 is 0 Å². The lowest BCUT2D eigenvalue weighted by atomic mass is 9.95. The zero-order chi connectivity index (χ0) is 11.7. The van der Waals surface area contributed by atoms with E-state index >= 15 is 0 Å². The maximum Gasteiger partial charge on any atom is 0.0678 e. The lowest BCUT2D eigenvalue weighted by molar-refractivity contribution is 0.0215. The van der Waals surface area contributed by atoms with Gasteiger partial charge in [0.1, 0.15) is 0 Å². The fourth-order valence-electron chi connectivity index (χ4n) is 3.58. The van der Waals surface area contributed by atoms with Crippen LogP contribution in [0.2, 0.25) is 0 Å². The van der Waals surface area contributed by atoms with Gasteiger partial charge in [0.25, 0.3) is 0 Å². The minimum Gasteiger partial charge on any atom is -0.390 e. The molecule has 0 aliphatic heterocycles. The molecule has 2 aliphatic rings. The van der Waals surface area contributed by atoms with E-state index in [0.717, 1.165) is 18.8 Å². The highest BCUT2D eigenvalue weighted by atomic mass is 32.2. The second-order valence-electron chi connectivity index (χ2n) is 5.62. The van der Waals surface area contributed by atoms with Crippen LogP contribution in [0.15, 0.2) is 35.2 Å². The molecule has 3 rings (SSSR count).